The van der Waals surface area contributed by atoms with E-state index in [-0.39, 0.29) is 24.8 Å². The first-order chi connectivity index (χ1) is 23.8. The number of fused-ring (bicyclic) bond motifs is 1. The highest BCUT2D eigenvalue weighted by atomic mass is 16.6. The molecule has 8 atom stereocenters. The Hall–Kier alpha value is -4.28. The molecule has 3 amide bonds. The van der Waals surface area contributed by atoms with E-state index in [0.717, 1.165) is 0 Å². The fourth-order valence-corrected chi connectivity index (χ4v) is 8.10. The Morgan fingerprint density at radius 2 is 1.68 bits per heavy atom. The number of allylic oxidation sites excluding steroid dienone is 1. The van der Waals surface area contributed by atoms with Crippen LogP contribution in [0, 0.1) is 11.8 Å². The van der Waals surface area contributed by atoms with Crippen molar-refractivity contribution in [2.45, 2.75) is 94.9 Å². The van der Waals surface area contributed by atoms with Crippen LogP contribution in [0.2, 0.25) is 0 Å². The molecule has 0 aromatic heterocycles. The molecule has 2 aromatic rings. The fourth-order valence-electron chi connectivity index (χ4n) is 8.10. The van der Waals surface area contributed by atoms with Gasteiger partial charge in [-0.1, -0.05) is 72.8 Å². The van der Waals surface area contributed by atoms with Gasteiger partial charge >= 0.3 is 5.97 Å². The van der Waals surface area contributed by atoms with E-state index >= 15 is 0 Å². The smallest absolute Gasteiger partial charge is 0.313 e. The first kappa shape index (κ1) is 37.0. The van der Waals surface area contributed by atoms with Crippen LogP contribution in [0.5, 0.6) is 0 Å². The number of ether oxygens (including phenoxy) is 2. The highest BCUT2D eigenvalue weighted by molar-refractivity contribution is 5.98. The van der Waals surface area contributed by atoms with E-state index in [2.05, 4.69) is 13.2 Å². The monoisotopic (exact) mass is 685 g/mol. The molecule has 3 fully saturated rings. The van der Waals surface area contributed by atoms with Crippen LogP contribution in [0.1, 0.15) is 76.7 Å². The van der Waals surface area contributed by atoms with E-state index in [0.29, 0.717) is 30.4 Å². The normalized spacial score (nSPS) is 25.7. The Kier molecular flexibility index (Phi) is 11.0. The maximum Gasteiger partial charge on any atom is 0.313 e. The van der Waals surface area contributed by atoms with Crippen LogP contribution >= 0.6 is 0 Å². The number of hydrogen-bond donors (Lipinski definition) is 1. The first-order valence-corrected chi connectivity index (χ1v) is 17.5. The highest BCUT2D eigenvalue weighted by Gasteiger charge is 2.76. The summed E-state index contributed by atoms with van der Waals surface area (Å²) in [5, 5.41) is 10.8. The Labute approximate surface area is 295 Å². The summed E-state index contributed by atoms with van der Waals surface area (Å²) in [6.45, 7) is 15.0. The number of carbonyl (C=O) groups is 4. The molecule has 2 bridgehead atoms. The zero-order valence-electron chi connectivity index (χ0n) is 29.9. The summed E-state index contributed by atoms with van der Waals surface area (Å²) in [6, 6.07) is 15.9. The van der Waals surface area contributed by atoms with E-state index < -0.39 is 71.8 Å². The Morgan fingerprint density at radius 3 is 2.24 bits per heavy atom. The van der Waals surface area contributed by atoms with Crippen molar-refractivity contribution in [2.24, 2.45) is 11.8 Å². The molecule has 0 saturated carbocycles. The lowest BCUT2D eigenvalue weighted by molar-refractivity contribution is -0.165. The zero-order valence-corrected chi connectivity index (χ0v) is 29.9. The number of likely N-dealkylation sites (tertiary alicyclic amines) is 1. The average Bonchev–Trinajstić information content (AvgIpc) is 3.75. The summed E-state index contributed by atoms with van der Waals surface area (Å²) in [5.74, 6) is -3.48. The third-order valence-corrected chi connectivity index (χ3v) is 10.7. The third kappa shape index (κ3) is 6.63. The SMILES string of the molecule is C=CCCC(=O)N(C)[C@@H](C)[C@@H](OC(=O)[C@@H]1[C@H]2C(=O)N([C@H](CO)c3ccccc3)[C@H](C(=O)N(CC=C)C(C)(C)C)[C@]23CC[C@H]1O3)c1ccccc1. The van der Waals surface area contributed by atoms with Crippen molar-refractivity contribution in [1.82, 2.24) is 14.7 Å². The van der Waals surface area contributed by atoms with E-state index in [1.54, 1.807) is 29.0 Å². The lowest BCUT2D eigenvalue weighted by atomic mass is 9.70. The minimum absolute atomic E-state index is 0.113. The topological polar surface area (TPSA) is 117 Å². The van der Waals surface area contributed by atoms with Crippen LogP contribution in [0.25, 0.3) is 0 Å². The molecule has 5 rings (SSSR count). The van der Waals surface area contributed by atoms with E-state index in [1.807, 2.05) is 88.4 Å². The molecular weight excluding hydrogens is 634 g/mol. The Bertz CT molecular complexity index is 1570. The molecule has 0 unspecified atom stereocenters. The van der Waals surface area contributed by atoms with Gasteiger partial charge in [-0.15, -0.1) is 13.2 Å². The number of rotatable bonds is 14. The van der Waals surface area contributed by atoms with Crippen LogP contribution in [0.3, 0.4) is 0 Å². The van der Waals surface area contributed by atoms with Crippen molar-refractivity contribution < 1.29 is 33.8 Å². The molecule has 50 heavy (non-hydrogen) atoms. The second-order valence-corrected chi connectivity index (χ2v) is 14.7. The Morgan fingerprint density at radius 1 is 1.06 bits per heavy atom. The van der Waals surface area contributed by atoms with Crippen molar-refractivity contribution in [2.75, 3.05) is 20.2 Å². The van der Waals surface area contributed by atoms with Gasteiger partial charge in [0.25, 0.3) is 0 Å². The maximum absolute atomic E-state index is 14.9. The second kappa shape index (κ2) is 14.9. The van der Waals surface area contributed by atoms with Gasteiger partial charge in [0.2, 0.25) is 17.7 Å². The molecule has 10 heteroatoms. The molecule has 10 nitrogen and oxygen atoms in total. The van der Waals surface area contributed by atoms with Crippen molar-refractivity contribution in [1.29, 1.82) is 0 Å². The number of aliphatic hydroxyl groups is 1. The summed E-state index contributed by atoms with van der Waals surface area (Å²) in [6.07, 6.45) is 3.51. The number of esters is 1. The molecule has 1 N–H and O–H groups in total. The summed E-state index contributed by atoms with van der Waals surface area (Å²) >= 11 is 0. The maximum atomic E-state index is 14.9. The summed E-state index contributed by atoms with van der Waals surface area (Å²) in [4.78, 5) is 62.0. The summed E-state index contributed by atoms with van der Waals surface area (Å²) < 4.78 is 13.1. The van der Waals surface area contributed by atoms with Crippen molar-refractivity contribution in [3.8, 4) is 0 Å². The largest absolute Gasteiger partial charge is 0.455 e. The van der Waals surface area contributed by atoms with Crippen LogP contribution in [0.15, 0.2) is 86.0 Å². The van der Waals surface area contributed by atoms with E-state index in [4.69, 9.17) is 9.47 Å². The minimum atomic E-state index is -1.30. The fraction of sp³-hybridized carbons (Fsp3) is 0.500. The highest BCUT2D eigenvalue weighted by Crippen LogP contribution is 2.60. The van der Waals surface area contributed by atoms with Crippen LogP contribution < -0.4 is 0 Å². The van der Waals surface area contributed by atoms with Crippen molar-refractivity contribution >= 4 is 23.7 Å². The summed E-state index contributed by atoms with van der Waals surface area (Å²) in [5.41, 5.74) is -0.558. The van der Waals surface area contributed by atoms with Gasteiger partial charge in [-0.2, -0.15) is 0 Å². The van der Waals surface area contributed by atoms with Crippen molar-refractivity contribution in [3.05, 3.63) is 97.1 Å². The molecule has 1 spiro atoms. The molecule has 3 saturated heterocycles. The van der Waals surface area contributed by atoms with Crippen molar-refractivity contribution in [3.63, 3.8) is 0 Å². The van der Waals surface area contributed by atoms with Gasteiger partial charge < -0.3 is 29.3 Å². The molecule has 3 heterocycles. The lowest BCUT2D eigenvalue weighted by Crippen LogP contribution is -2.60. The predicted octanol–water partition coefficient (Wildman–Crippen LogP) is 5.01. The van der Waals surface area contributed by atoms with Gasteiger partial charge in [-0.3, -0.25) is 19.2 Å². The van der Waals surface area contributed by atoms with Gasteiger partial charge in [-0.25, -0.2) is 0 Å². The zero-order chi connectivity index (χ0) is 36.4. The number of hydrogen-bond acceptors (Lipinski definition) is 7. The molecule has 0 radical (unpaired) electrons. The number of carbonyl (C=O) groups excluding carboxylic acids is 4. The van der Waals surface area contributed by atoms with E-state index in [1.165, 1.54) is 4.90 Å². The number of amides is 3. The van der Waals surface area contributed by atoms with E-state index in [9.17, 15) is 24.3 Å². The molecule has 2 aromatic carbocycles. The third-order valence-electron chi connectivity index (χ3n) is 10.7. The first-order valence-electron chi connectivity index (χ1n) is 17.5. The molecule has 3 aliphatic rings. The molecular formula is C40H51N3O7. The second-order valence-electron chi connectivity index (χ2n) is 14.7. The molecule has 3 aliphatic heterocycles. The predicted molar refractivity (Wildman–Crippen MR) is 189 cm³/mol. The minimum Gasteiger partial charge on any atom is -0.455 e. The number of aliphatic hydroxyl groups excluding tert-OH is 1. The average molecular weight is 686 g/mol. The van der Waals surface area contributed by atoms with Crippen LogP contribution in [-0.4, -0.2) is 93.0 Å². The van der Waals surface area contributed by atoms with Gasteiger partial charge in [0.1, 0.15) is 17.7 Å². The van der Waals surface area contributed by atoms with Gasteiger partial charge in [0.15, 0.2) is 0 Å². The molecule has 268 valence electrons. The lowest BCUT2D eigenvalue weighted by Gasteiger charge is -2.43. The number of benzene rings is 2. The van der Waals surface area contributed by atoms with Gasteiger partial charge in [-0.05, 0) is 58.1 Å². The standard InChI is InChI=1S/C40H51N3O7/c1-8-10-21-31(45)41(7)26(3)34(28-19-15-12-16-20-28)49-38(48)32-30-22-23-40(50-30)33(32)36(46)43(29(25-44)27-17-13-11-14-18-27)35(40)37(47)42(24-9-2)39(4,5)6/h8-9,11-20,26,29-30,32-35,44H,1-2,10,21-25H2,3-7H3/t26-,29+,30+,32-,33-,34+,35+,40-/m0/s1. The van der Waals surface area contributed by atoms with Crippen LogP contribution in [-0.2, 0) is 28.7 Å². The molecule has 0 aliphatic carbocycles. The van der Waals surface area contributed by atoms with Gasteiger partial charge in [0.05, 0.1) is 36.6 Å². The van der Waals surface area contributed by atoms with Crippen LogP contribution in [0.4, 0.5) is 0 Å². The number of likely N-dealkylation sites (N-methyl/N-ethyl adjacent to an activating group) is 1. The quantitative estimate of drug-likeness (QED) is 0.220. The van der Waals surface area contributed by atoms with Gasteiger partial charge in [0, 0.05) is 25.6 Å². The summed E-state index contributed by atoms with van der Waals surface area (Å²) in [7, 11) is 1.69. The Balaban J connectivity index is 1.55. The number of nitrogens with zero attached hydrogens (tertiary/aromatic N) is 3.